The number of benzene rings is 2. The molecule has 0 fully saturated rings. The maximum absolute atomic E-state index is 11.6. The first-order chi connectivity index (χ1) is 8.22. The van der Waals surface area contributed by atoms with Gasteiger partial charge in [0.05, 0.1) is 12.7 Å². The van der Waals surface area contributed by atoms with E-state index in [2.05, 4.69) is 0 Å². The highest BCUT2D eigenvalue weighted by molar-refractivity contribution is 6.30. The van der Waals surface area contributed by atoms with Crippen molar-refractivity contribution in [3.63, 3.8) is 0 Å². The lowest BCUT2D eigenvalue weighted by Crippen LogP contribution is -2.03. The molecule has 0 aliphatic heterocycles. The van der Waals surface area contributed by atoms with Crippen LogP contribution >= 0.6 is 11.6 Å². The van der Waals surface area contributed by atoms with E-state index in [4.69, 9.17) is 16.3 Å². The predicted molar refractivity (Wildman–Crippen MR) is 68.2 cm³/mol. The molecule has 0 heterocycles. The van der Waals surface area contributed by atoms with Crippen LogP contribution in [0.3, 0.4) is 0 Å². The Hall–Kier alpha value is -1.80. The third-order valence-electron chi connectivity index (χ3n) is 2.47. The number of halogens is 1. The molecule has 17 heavy (non-hydrogen) atoms. The largest absolute Gasteiger partial charge is 0.465 e. The molecular weight excluding hydrogens is 236 g/mol. The number of carbonyl (C=O) groups excluding carboxylic acids is 1. The van der Waals surface area contributed by atoms with E-state index in [0.717, 1.165) is 11.1 Å². The molecule has 0 aliphatic rings. The zero-order valence-electron chi connectivity index (χ0n) is 9.31. The van der Waals surface area contributed by atoms with E-state index >= 15 is 0 Å². The second kappa shape index (κ2) is 5.02. The van der Waals surface area contributed by atoms with E-state index in [9.17, 15) is 4.79 Å². The van der Waals surface area contributed by atoms with Crippen LogP contribution in [-0.4, -0.2) is 13.1 Å². The van der Waals surface area contributed by atoms with Crippen molar-refractivity contribution in [1.29, 1.82) is 0 Å². The maximum Gasteiger partial charge on any atom is 0.338 e. The predicted octanol–water partition coefficient (Wildman–Crippen LogP) is 3.79. The Morgan fingerprint density at radius 3 is 2.59 bits per heavy atom. The highest BCUT2D eigenvalue weighted by Crippen LogP contribution is 2.26. The minimum Gasteiger partial charge on any atom is -0.465 e. The van der Waals surface area contributed by atoms with Crippen LogP contribution < -0.4 is 0 Å². The van der Waals surface area contributed by atoms with Crippen LogP contribution in [0.2, 0.25) is 5.02 Å². The summed E-state index contributed by atoms with van der Waals surface area (Å²) in [5, 5.41) is 0.641. The van der Waals surface area contributed by atoms with Gasteiger partial charge in [-0.1, -0.05) is 41.9 Å². The minimum absolute atomic E-state index is 0.347. The van der Waals surface area contributed by atoms with Gasteiger partial charge in [-0.25, -0.2) is 4.79 Å². The van der Waals surface area contributed by atoms with Gasteiger partial charge >= 0.3 is 5.97 Å². The molecule has 0 amide bonds. The van der Waals surface area contributed by atoms with E-state index in [1.54, 1.807) is 18.2 Å². The Balaban J connectivity index is 2.55. The summed E-state index contributed by atoms with van der Waals surface area (Å²) in [6, 6.07) is 14.7. The summed E-state index contributed by atoms with van der Waals surface area (Å²) in [7, 11) is 1.37. The summed E-state index contributed by atoms with van der Waals surface area (Å²) in [4.78, 5) is 11.6. The molecule has 0 aliphatic carbocycles. The summed E-state index contributed by atoms with van der Waals surface area (Å²) in [6.07, 6.45) is 0. The lowest BCUT2D eigenvalue weighted by molar-refractivity contribution is 0.0601. The Bertz CT molecular complexity index is 549. The Labute approximate surface area is 105 Å². The number of carbonyl (C=O) groups is 1. The highest BCUT2D eigenvalue weighted by Gasteiger charge is 2.12. The number of ether oxygens (including phenoxy) is 1. The normalized spacial score (nSPS) is 10.0. The lowest BCUT2D eigenvalue weighted by atomic mass is 10.00. The molecule has 2 aromatic carbocycles. The van der Waals surface area contributed by atoms with Crippen LogP contribution in [0.15, 0.2) is 48.5 Å². The van der Waals surface area contributed by atoms with Gasteiger partial charge in [0, 0.05) is 5.02 Å². The third-order valence-corrected chi connectivity index (χ3v) is 2.70. The quantitative estimate of drug-likeness (QED) is 0.754. The zero-order valence-corrected chi connectivity index (χ0v) is 10.1. The van der Waals surface area contributed by atoms with E-state index in [1.807, 2.05) is 30.3 Å². The number of methoxy groups -OCH3 is 1. The van der Waals surface area contributed by atoms with Gasteiger partial charge in [-0.3, -0.25) is 0 Å². The number of rotatable bonds is 2. The van der Waals surface area contributed by atoms with Crippen molar-refractivity contribution < 1.29 is 9.53 Å². The summed E-state index contributed by atoms with van der Waals surface area (Å²) in [5.41, 5.74) is 2.26. The van der Waals surface area contributed by atoms with Gasteiger partial charge in [0.1, 0.15) is 0 Å². The molecule has 0 radical (unpaired) electrons. The summed E-state index contributed by atoms with van der Waals surface area (Å²) in [6.45, 7) is 0. The van der Waals surface area contributed by atoms with E-state index in [1.165, 1.54) is 7.11 Å². The summed E-state index contributed by atoms with van der Waals surface area (Å²) in [5.74, 6) is -0.347. The van der Waals surface area contributed by atoms with Crippen LogP contribution in [0, 0.1) is 0 Å². The van der Waals surface area contributed by atoms with Crippen molar-refractivity contribution in [2.45, 2.75) is 0 Å². The van der Waals surface area contributed by atoms with Gasteiger partial charge in [-0.05, 0) is 29.3 Å². The first kappa shape index (κ1) is 11.7. The van der Waals surface area contributed by atoms with Crippen LogP contribution in [0.5, 0.6) is 0 Å². The van der Waals surface area contributed by atoms with Gasteiger partial charge < -0.3 is 4.74 Å². The fourth-order valence-corrected chi connectivity index (χ4v) is 1.87. The van der Waals surface area contributed by atoms with Crippen molar-refractivity contribution in [3.05, 3.63) is 59.1 Å². The molecule has 3 heteroatoms. The number of hydrogen-bond acceptors (Lipinski definition) is 2. The molecule has 2 nitrogen and oxygen atoms in total. The molecule has 0 aromatic heterocycles. The molecule has 0 N–H and O–H groups in total. The molecular formula is C14H11ClO2. The van der Waals surface area contributed by atoms with Crippen molar-refractivity contribution >= 4 is 17.6 Å². The highest BCUT2D eigenvalue weighted by atomic mass is 35.5. The van der Waals surface area contributed by atoms with Gasteiger partial charge in [0.15, 0.2) is 0 Å². The molecule has 0 bridgehead atoms. The second-order valence-corrected chi connectivity index (χ2v) is 3.98. The Morgan fingerprint density at radius 1 is 1.12 bits per heavy atom. The average Bonchev–Trinajstić information content (AvgIpc) is 2.38. The number of esters is 1. The lowest BCUT2D eigenvalue weighted by Gasteiger charge is -2.07. The van der Waals surface area contributed by atoms with Crippen LogP contribution in [0.1, 0.15) is 10.4 Å². The molecule has 0 saturated carbocycles. The maximum atomic E-state index is 11.6. The molecule has 0 unspecified atom stereocenters. The van der Waals surface area contributed by atoms with Crippen molar-refractivity contribution in [2.24, 2.45) is 0 Å². The van der Waals surface area contributed by atoms with E-state index < -0.39 is 0 Å². The second-order valence-electron chi connectivity index (χ2n) is 3.55. The molecule has 2 aromatic rings. The fraction of sp³-hybridized carbons (Fsp3) is 0.0714. The zero-order chi connectivity index (χ0) is 12.3. The van der Waals surface area contributed by atoms with E-state index in [0.29, 0.717) is 10.6 Å². The molecule has 2 rings (SSSR count). The van der Waals surface area contributed by atoms with Crippen LogP contribution in [-0.2, 0) is 4.74 Å². The smallest absolute Gasteiger partial charge is 0.338 e. The monoisotopic (exact) mass is 246 g/mol. The fourth-order valence-electron chi connectivity index (χ4n) is 1.68. The first-order valence-corrected chi connectivity index (χ1v) is 5.53. The van der Waals surface area contributed by atoms with Gasteiger partial charge in [0.2, 0.25) is 0 Å². The van der Waals surface area contributed by atoms with Crippen LogP contribution in [0.25, 0.3) is 11.1 Å². The third kappa shape index (κ3) is 2.48. The van der Waals surface area contributed by atoms with E-state index in [-0.39, 0.29) is 5.97 Å². The van der Waals surface area contributed by atoms with Gasteiger partial charge in [-0.2, -0.15) is 0 Å². The Morgan fingerprint density at radius 2 is 1.88 bits per heavy atom. The first-order valence-electron chi connectivity index (χ1n) is 5.15. The van der Waals surface area contributed by atoms with Gasteiger partial charge in [-0.15, -0.1) is 0 Å². The summed E-state index contributed by atoms with van der Waals surface area (Å²) >= 11 is 5.94. The van der Waals surface area contributed by atoms with Crippen molar-refractivity contribution in [2.75, 3.05) is 7.11 Å². The minimum atomic E-state index is -0.347. The van der Waals surface area contributed by atoms with Gasteiger partial charge in [0.25, 0.3) is 0 Å². The average molecular weight is 247 g/mol. The molecule has 0 saturated heterocycles. The molecule has 0 spiro atoms. The molecule has 86 valence electrons. The van der Waals surface area contributed by atoms with Crippen LogP contribution in [0.4, 0.5) is 0 Å². The summed E-state index contributed by atoms with van der Waals surface area (Å²) < 4.78 is 4.76. The SMILES string of the molecule is COC(=O)c1ccccc1-c1cccc(Cl)c1. The molecule has 0 atom stereocenters. The topological polar surface area (TPSA) is 26.3 Å². The number of hydrogen-bond donors (Lipinski definition) is 0. The standard InChI is InChI=1S/C14H11ClO2/c1-17-14(16)13-8-3-2-7-12(13)10-5-4-6-11(15)9-10/h2-9H,1H3. The Kier molecular flexibility index (Phi) is 3.45. The van der Waals surface area contributed by atoms with Crippen molar-refractivity contribution in [1.82, 2.24) is 0 Å². The van der Waals surface area contributed by atoms with Crippen molar-refractivity contribution in [3.8, 4) is 11.1 Å².